The summed E-state index contributed by atoms with van der Waals surface area (Å²) in [5, 5.41) is 3.05. The maximum atomic E-state index is 11.5. The summed E-state index contributed by atoms with van der Waals surface area (Å²) >= 11 is 0. The van der Waals surface area contributed by atoms with E-state index in [-0.39, 0.29) is 5.91 Å². The normalized spacial score (nSPS) is 42.3. The Kier molecular flexibility index (Phi) is 2.28. The Hall–Kier alpha value is -0.570. The molecule has 2 aliphatic carbocycles. The Morgan fingerprint density at radius 1 is 1.38 bits per heavy atom. The monoisotopic (exact) mass is 183 g/mol. The smallest absolute Gasteiger partial charge is 0.223 e. The number of hydrogen-bond donors (Lipinski definition) is 1. The maximum Gasteiger partial charge on any atom is 0.223 e. The molecule has 74 valence electrons. The van der Waals surface area contributed by atoms with Crippen molar-refractivity contribution in [3.05, 3.63) is 0 Å². The Labute approximate surface area is 78.8 Å². The zero-order valence-electron chi connectivity index (χ0n) is 8.25. The van der Waals surface area contributed by atoms with Crippen LogP contribution in [0, 0.1) is 11.8 Å². The number of carbonyl (C=O) groups excluding carboxylic acids is 1. The Morgan fingerprint density at radius 3 is 2.46 bits per heavy atom. The average Bonchev–Trinajstić information content (AvgIpc) is 2.73. The summed E-state index contributed by atoms with van der Waals surface area (Å²) in [5.74, 6) is 1.17. The highest BCUT2D eigenvalue weighted by Crippen LogP contribution is 2.38. The molecular formula is C10H17NO2. The topological polar surface area (TPSA) is 38.3 Å². The minimum atomic E-state index is 0.257. The van der Waals surface area contributed by atoms with Gasteiger partial charge in [0.05, 0.1) is 6.10 Å². The Bertz CT molecular complexity index is 211. The molecule has 0 aromatic heterocycles. The Balaban J connectivity index is 1.66. The first-order chi connectivity index (χ1) is 6.20. The van der Waals surface area contributed by atoms with Crippen LogP contribution in [0.1, 0.15) is 26.2 Å². The third-order valence-electron chi connectivity index (χ3n) is 3.22. The number of nitrogens with one attached hydrogen (secondary N) is 1. The lowest BCUT2D eigenvalue weighted by Gasteiger charge is -2.34. The van der Waals surface area contributed by atoms with E-state index in [9.17, 15) is 4.79 Å². The molecule has 13 heavy (non-hydrogen) atoms. The minimum Gasteiger partial charge on any atom is -0.381 e. The summed E-state index contributed by atoms with van der Waals surface area (Å²) in [7, 11) is 1.73. The van der Waals surface area contributed by atoms with Crippen LogP contribution in [0.5, 0.6) is 0 Å². The van der Waals surface area contributed by atoms with Gasteiger partial charge in [0.25, 0.3) is 0 Å². The van der Waals surface area contributed by atoms with Crippen LogP contribution in [-0.2, 0) is 9.53 Å². The molecule has 2 fully saturated rings. The van der Waals surface area contributed by atoms with Crippen LogP contribution in [-0.4, -0.2) is 25.2 Å². The van der Waals surface area contributed by atoms with Gasteiger partial charge in [-0.1, -0.05) is 6.92 Å². The molecule has 3 nitrogen and oxygen atoms in total. The lowest BCUT2D eigenvalue weighted by atomic mass is 9.89. The van der Waals surface area contributed by atoms with E-state index in [1.54, 1.807) is 7.11 Å². The van der Waals surface area contributed by atoms with E-state index >= 15 is 0 Å². The molecule has 2 saturated carbocycles. The molecule has 1 N–H and O–H groups in total. The number of carbonyl (C=O) groups is 1. The van der Waals surface area contributed by atoms with E-state index in [4.69, 9.17) is 4.74 Å². The van der Waals surface area contributed by atoms with Gasteiger partial charge in [0, 0.05) is 19.1 Å². The van der Waals surface area contributed by atoms with Crippen LogP contribution in [0.25, 0.3) is 0 Å². The van der Waals surface area contributed by atoms with E-state index in [1.807, 2.05) is 0 Å². The van der Waals surface area contributed by atoms with Gasteiger partial charge >= 0.3 is 0 Å². The zero-order valence-corrected chi connectivity index (χ0v) is 8.25. The van der Waals surface area contributed by atoms with Gasteiger partial charge in [-0.15, -0.1) is 0 Å². The predicted octanol–water partition coefficient (Wildman–Crippen LogP) is 0.936. The fourth-order valence-corrected chi connectivity index (χ4v) is 1.87. The van der Waals surface area contributed by atoms with E-state index in [1.165, 1.54) is 0 Å². The standard InChI is InChI=1S/C10H17NO2/c1-6-3-9(6)10(12)11-7-4-8(5-7)13-2/h6-9H,3-5H2,1-2H3,(H,11,12)/t6-,7?,8?,9-/m0/s1. The highest BCUT2D eigenvalue weighted by Gasteiger charge is 2.41. The number of methoxy groups -OCH3 is 1. The van der Waals surface area contributed by atoms with Gasteiger partial charge < -0.3 is 10.1 Å². The largest absolute Gasteiger partial charge is 0.381 e. The van der Waals surface area contributed by atoms with Gasteiger partial charge in [0.1, 0.15) is 0 Å². The van der Waals surface area contributed by atoms with Crippen molar-refractivity contribution in [2.75, 3.05) is 7.11 Å². The van der Waals surface area contributed by atoms with Crippen LogP contribution in [0.3, 0.4) is 0 Å². The fraction of sp³-hybridized carbons (Fsp3) is 0.900. The summed E-state index contributed by atoms with van der Waals surface area (Å²) in [4.78, 5) is 11.5. The molecule has 0 bridgehead atoms. The second-order valence-corrected chi connectivity index (χ2v) is 4.35. The molecule has 0 aliphatic heterocycles. The van der Waals surface area contributed by atoms with Crippen LogP contribution in [0.15, 0.2) is 0 Å². The molecule has 0 saturated heterocycles. The van der Waals surface area contributed by atoms with Crippen molar-refractivity contribution in [3.63, 3.8) is 0 Å². The summed E-state index contributed by atoms with van der Waals surface area (Å²) in [5.41, 5.74) is 0. The molecule has 2 rings (SSSR count). The van der Waals surface area contributed by atoms with Gasteiger partial charge in [-0.2, -0.15) is 0 Å². The molecule has 0 spiro atoms. The summed E-state index contributed by atoms with van der Waals surface area (Å²) in [6.07, 6.45) is 3.43. The number of amides is 1. The highest BCUT2D eigenvalue weighted by atomic mass is 16.5. The van der Waals surface area contributed by atoms with Crippen molar-refractivity contribution in [2.24, 2.45) is 11.8 Å². The van der Waals surface area contributed by atoms with Crippen LogP contribution in [0.4, 0.5) is 0 Å². The summed E-state index contributed by atoms with van der Waals surface area (Å²) in [6, 6.07) is 0.380. The molecule has 0 radical (unpaired) electrons. The van der Waals surface area contributed by atoms with Crippen LogP contribution in [0.2, 0.25) is 0 Å². The van der Waals surface area contributed by atoms with Gasteiger partial charge in [-0.3, -0.25) is 4.79 Å². The van der Waals surface area contributed by atoms with Crippen molar-refractivity contribution in [1.29, 1.82) is 0 Å². The highest BCUT2D eigenvalue weighted by molar-refractivity contribution is 5.81. The van der Waals surface area contributed by atoms with E-state index in [0.29, 0.717) is 24.0 Å². The lowest BCUT2D eigenvalue weighted by Crippen LogP contribution is -2.48. The first-order valence-electron chi connectivity index (χ1n) is 5.04. The SMILES string of the molecule is COC1CC(NC(=O)[C@H]2C[C@@H]2C)C1. The first-order valence-corrected chi connectivity index (χ1v) is 5.04. The fourth-order valence-electron chi connectivity index (χ4n) is 1.87. The molecule has 2 aliphatic rings. The van der Waals surface area contributed by atoms with E-state index < -0.39 is 0 Å². The van der Waals surface area contributed by atoms with Crippen LogP contribution < -0.4 is 5.32 Å². The van der Waals surface area contributed by atoms with Crippen molar-refractivity contribution < 1.29 is 9.53 Å². The van der Waals surface area contributed by atoms with Crippen molar-refractivity contribution in [3.8, 4) is 0 Å². The van der Waals surface area contributed by atoms with Gasteiger partial charge in [0.15, 0.2) is 0 Å². The third kappa shape index (κ3) is 1.85. The Morgan fingerprint density at radius 2 is 2.00 bits per heavy atom. The number of ether oxygens (including phenoxy) is 1. The van der Waals surface area contributed by atoms with Gasteiger partial charge in [-0.25, -0.2) is 0 Å². The molecule has 3 heteroatoms. The van der Waals surface area contributed by atoms with Crippen molar-refractivity contribution in [2.45, 2.75) is 38.3 Å². The molecule has 1 amide bonds. The number of rotatable bonds is 3. The van der Waals surface area contributed by atoms with Crippen molar-refractivity contribution in [1.82, 2.24) is 5.32 Å². The quantitative estimate of drug-likeness (QED) is 0.707. The molecule has 0 aromatic carbocycles. The third-order valence-corrected chi connectivity index (χ3v) is 3.22. The van der Waals surface area contributed by atoms with E-state index in [2.05, 4.69) is 12.2 Å². The second kappa shape index (κ2) is 3.29. The molecule has 0 heterocycles. The minimum absolute atomic E-state index is 0.257. The maximum absolute atomic E-state index is 11.5. The van der Waals surface area contributed by atoms with Crippen LogP contribution >= 0.6 is 0 Å². The van der Waals surface area contributed by atoms with Gasteiger partial charge in [-0.05, 0) is 25.2 Å². The van der Waals surface area contributed by atoms with Crippen molar-refractivity contribution >= 4 is 5.91 Å². The zero-order chi connectivity index (χ0) is 9.42. The number of hydrogen-bond acceptors (Lipinski definition) is 2. The lowest BCUT2D eigenvalue weighted by molar-refractivity contribution is -0.124. The van der Waals surface area contributed by atoms with E-state index in [0.717, 1.165) is 19.3 Å². The molecule has 0 unspecified atom stereocenters. The second-order valence-electron chi connectivity index (χ2n) is 4.35. The molecular weight excluding hydrogens is 166 g/mol. The summed E-state index contributed by atoms with van der Waals surface area (Å²) < 4.78 is 5.14. The molecule has 0 aromatic rings. The average molecular weight is 183 g/mol. The van der Waals surface area contributed by atoms with Gasteiger partial charge in [0.2, 0.25) is 5.91 Å². The first kappa shape index (κ1) is 9.00. The summed E-state index contributed by atoms with van der Waals surface area (Å²) in [6.45, 7) is 2.13. The molecule has 2 atom stereocenters. The predicted molar refractivity (Wildman–Crippen MR) is 49.2 cm³/mol.